The van der Waals surface area contributed by atoms with Gasteiger partial charge in [0, 0.05) is 6.20 Å². The first kappa shape index (κ1) is 9.29. The minimum Gasteiger partial charge on any atom is -0.472 e. The average Bonchev–Trinajstić information content (AvgIpc) is 2.88. The molecule has 3 aromatic rings. The minimum atomic E-state index is 0.597. The van der Waals surface area contributed by atoms with Gasteiger partial charge in [-0.3, -0.25) is 4.98 Å². The molecule has 16 heavy (non-hydrogen) atoms. The van der Waals surface area contributed by atoms with Crippen LogP contribution in [0.3, 0.4) is 0 Å². The highest BCUT2D eigenvalue weighted by Gasteiger charge is 2.11. The van der Waals surface area contributed by atoms with Crippen molar-refractivity contribution < 1.29 is 4.74 Å². The van der Waals surface area contributed by atoms with Gasteiger partial charge in [0.1, 0.15) is 5.69 Å². The van der Waals surface area contributed by atoms with Gasteiger partial charge in [-0.2, -0.15) is 4.52 Å². The van der Waals surface area contributed by atoms with Gasteiger partial charge in [0.2, 0.25) is 4.96 Å². The zero-order chi connectivity index (χ0) is 11.0. The lowest BCUT2D eigenvalue weighted by atomic mass is 10.3. The van der Waals surface area contributed by atoms with Crippen LogP contribution in [-0.4, -0.2) is 26.7 Å². The van der Waals surface area contributed by atoms with Crippen LogP contribution in [0, 0.1) is 0 Å². The molecule has 0 aliphatic heterocycles. The molecule has 6 heteroatoms. The van der Waals surface area contributed by atoms with E-state index >= 15 is 0 Å². The summed E-state index contributed by atoms with van der Waals surface area (Å²) in [6, 6.07) is 5.74. The molecule has 3 heterocycles. The van der Waals surface area contributed by atoms with Crippen LogP contribution in [-0.2, 0) is 0 Å². The number of methoxy groups -OCH3 is 1. The van der Waals surface area contributed by atoms with Crippen molar-refractivity contribution in [2.45, 2.75) is 0 Å². The van der Waals surface area contributed by atoms with Crippen LogP contribution in [0.5, 0.6) is 5.19 Å². The fourth-order valence-corrected chi connectivity index (χ4v) is 2.14. The molecule has 0 aliphatic carbocycles. The lowest BCUT2D eigenvalue weighted by Gasteiger charge is -1.95. The van der Waals surface area contributed by atoms with E-state index in [1.807, 2.05) is 18.2 Å². The van der Waals surface area contributed by atoms with Crippen LogP contribution in [0.4, 0.5) is 0 Å². The summed E-state index contributed by atoms with van der Waals surface area (Å²) >= 11 is 1.40. The average molecular weight is 232 g/mol. The molecule has 0 spiro atoms. The van der Waals surface area contributed by atoms with Crippen molar-refractivity contribution >= 4 is 16.3 Å². The molecule has 0 aliphatic rings. The quantitative estimate of drug-likeness (QED) is 0.676. The van der Waals surface area contributed by atoms with Crippen LogP contribution in [0.15, 0.2) is 30.6 Å². The largest absolute Gasteiger partial charge is 0.472 e. The smallest absolute Gasteiger partial charge is 0.294 e. The topological polar surface area (TPSA) is 52.3 Å². The van der Waals surface area contributed by atoms with E-state index in [1.54, 1.807) is 24.0 Å². The van der Waals surface area contributed by atoms with Crippen molar-refractivity contribution in [1.29, 1.82) is 0 Å². The minimum absolute atomic E-state index is 0.597. The number of hydrogen-bond donors (Lipinski definition) is 0. The Morgan fingerprint density at radius 3 is 3.00 bits per heavy atom. The summed E-state index contributed by atoms with van der Waals surface area (Å²) < 4.78 is 6.82. The summed E-state index contributed by atoms with van der Waals surface area (Å²) in [5, 5.41) is 4.88. The number of pyridine rings is 1. The highest BCUT2D eigenvalue weighted by molar-refractivity contribution is 7.18. The van der Waals surface area contributed by atoms with Crippen molar-refractivity contribution in [3.05, 3.63) is 30.6 Å². The number of nitrogens with zero attached hydrogens (tertiary/aromatic N) is 4. The van der Waals surface area contributed by atoms with Gasteiger partial charge < -0.3 is 4.74 Å². The SMILES string of the molecule is COc1nn2c(-c3ccccn3)cnc2s1. The van der Waals surface area contributed by atoms with Crippen molar-refractivity contribution in [2.75, 3.05) is 7.11 Å². The molecule has 0 N–H and O–H groups in total. The van der Waals surface area contributed by atoms with Gasteiger partial charge in [-0.1, -0.05) is 6.07 Å². The highest BCUT2D eigenvalue weighted by atomic mass is 32.1. The summed E-state index contributed by atoms with van der Waals surface area (Å²) in [4.78, 5) is 9.34. The van der Waals surface area contributed by atoms with Gasteiger partial charge in [0.15, 0.2) is 0 Å². The van der Waals surface area contributed by atoms with Crippen LogP contribution in [0.25, 0.3) is 16.3 Å². The molecular formula is C10H8N4OS. The predicted molar refractivity (Wildman–Crippen MR) is 60.6 cm³/mol. The third kappa shape index (κ3) is 1.35. The molecule has 0 saturated carbocycles. The van der Waals surface area contributed by atoms with Crippen LogP contribution < -0.4 is 4.74 Å². The molecule has 3 aromatic heterocycles. The lowest BCUT2D eigenvalue weighted by Crippen LogP contribution is -1.91. The highest BCUT2D eigenvalue weighted by Crippen LogP contribution is 2.25. The molecule has 0 bridgehead atoms. The van der Waals surface area contributed by atoms with E-state index < -0.39 is 0 Å². The summed E-state index contributed by atoms with van der Waals surface area (Å²) in [5.41, 5.74) is 1.72. The van der Waals surface area contributed by atoms with Crippen LogP contribution >= 0.6 is 11.3 Å². The summed E-state index contributed by atoms with van der Waals surface area (Å²) in [6.07, 6.45) is 3.51. The second-order valence-corrected chi connectivity index (χ2v) is 4.04. The molecule has 0 saturated heterocycles. The summed E-state index contributed by atoms with van der Waals surface area (Å²) in [6.45, 7) is 0. The third-order valence-corrected chi connectivity index (χ3v) is 3.05. The maximum absolute atomic E-state index is 5.07. The number of aromatic nitrogens is 4. The van der Waals surface area contributed by atoms with Crippen LogP contribution in [0.2, 0.25) is 0 Å². The normalized spacial score (nSPS) is 10.8. The Kier molecular flexibility index (Phi) is 2.07. The summed E-state index contributed by atoms with van der Waals surface area (Å²) in [7, 11) is 1.60. The number of ether oxygens (including phenoxy) is 1. The van der Waals surface area contributed by atoms with Crippen molar-refractivity contribution in [3.63, 3.8) is 0 Å². The van der Waals surface area contributed by atoms with Gasteiger partial charge in [-0.25, -0.2) is 4.98 Å². The second kappa shape index (κ2) is 3.57. The number of imidazole rings is 1. The van der Waals surface area contributed by atoms with E-state index in [9.17, 15) is 0 Å². The number of fused-ring (bicyclic) bond motifs is 1. The first-order chi connectivity index (χ1) is 7.88. The summed E-state index contributed by atoms with van der Waals surface area (Å²) in [5.74, 6) is 0. The number of rotatable bonds is 2. The van der Waals surface area contributed by atoms with Crippen molar-refractivity contribution in [2.24, 2.45) is 0 Å². The van der Waals surface area contributed by atoms with E-state index in [0.717, 1.165) is 16.3 Å². The van der Waals surface area contributed by atoms with Gasteiger partial charge in [0.05, 0.1) is 19.0 Å². The molecule has 0 amide bonds. The number of hydrogen-bond acceptors (Lipinski definition) is 5. The Hall–Kier alpha value is -1.95. The maximum Gasteiger partial charge on any atom is 0.294 e. The first-order valence-corrected chi connectivity index (χ1v) is 5.50. The molecule has 5 nitrogen and oxygen atoms in total. The Morgan fingerprint density at radius 2 is 2.25 bits per heavy atom. The standard InChI is InChI=1S/C10H8N4OS/c1-15-10-13-14-8(6-12-9(14)16-10)7-4-2-3-5-11-7/h2-6H,1H3. The fraction of sp³-hybridized carbons (Fsp3) is 0.100. The van der Waals surface area contributed by atoms with Crippen molar-refractivity contribution in [1.82, 2.24) is 19.6 Å². The zero-order valence-corrected chi connectivity index (χ0v) is 9.31. The Bertz CT molecular complexity index is 616. The predicted octanol–water partition coefficient (Wildman–Crippen LogP) is 1.86. The first-order valence-electron chi connectivity index (χ1n) is 4.68. The molecule has 3 rings (SSSR count). The Labute approximate surface area is 95.4 Å². The monoisotopic (exact) mass is 232 g/mol. The Morgan fingerprint density at radius 1 is 1.31 bits per heavy atom. The second-order valence-electron chi connectivity index (χ2n) is 3.12. The Balaban J connectivity index is 2.20. The molecular weight excluding hydrogens is 224 g/mol. The van der Waals surface area contributed by atoms with E-state index in [-0.39, 0.29) is 0 Å². The van der Waals surface area contributed by atoms with Crippen molar-refractivity contribution in [3.8, 4) is 16.6 Å². The van der Waals surface area contributed by atoms with Gasteiger partial charge in [-0.05, 0) is 23.5 Å². The molecule has 0 unspecified atom stereocenters. The molecule has 0 atom stereocenters. The van der Waals surface area contributed by atoms with E-state index in [1.165, 1.54) is 11.3 Å². The lowest BCUT2D eigenvalue weighted by molar-refractivity contribution is 0.406. The van der Waals surface area contributed by atoms with Gasteiger partial charge in [0.25, 0.3) is 5.19 Å². The molecule has 80 valence electrons. The van der Waals surface area contributed by atoms with Gasteiger partial charge >= 0.3 is 0 Å². The molecule has 0 aromatic carbocycles. The van der Waals surface area contributed by atoms with E-state index in [0.29, 0.717) is 5.19 Å². The molecule has 0 fully saturated rings. The van der Waals surface area contributed by atoms with E-state index in [4.69, 9.17) is 4.74 Å². The van der Waals surface area contributed by atoms with E-state index in [2.05, 4.69) is 15.1 Å². The zero-order valence-electron chi connectivity index (χ0n) is 8.49. The molecule has 0 radical (unpaired) electrons. The van der Waals surface area contributed by atoms with Gasteiger partial charge in [-0.15, -0.1) is 5.10 Å². The fourth-order valence-electron chi connectivity index (χ4n) is 1.45. The third-order valence-electron chi connectivity index (χ3n) is 2.17. The van der Waals surface area contributed by atoms with Crippen LogP contribution in [0.1, 0.15) is 0 Å². The maximum atomic E-state index is 5.07.